The molecule has 0 aliphatic carbocycles. The van der Waals surface area contributed by atoms with Crippen molar-refractivity contribution >= 4 is 12.2 Å². The van der Waals surface area contributed by atoms with Crippen LogP contribution in [0.4, 0.5) is 0 Å². The van der Waals surface area contributed by atoms with Crippen LogP contribution in [-0.2, 0) is 9.59 Å². The van der Waals surface area contributed by atoms with Crippen molar-refractivity contribution in [2.75, 3.05) is 13.1 Å². The van der Waals surface area contributed by atoms with E-state index in [1.165, 1.54) is 0 Å². The Morgan fingerprint density at radius 1 is 1.50 bits per heavy atom. The highest BCUT2D eigenvalue weighted by Gasteiger charge is 2.21. The van der Waals surface area contributed by atoms with E-state index in [4.69, 9.17) is 0 Å². The predicted octanol–water partition coefficient (Wildman–Crippen LogP) is 0.874. The maximum Gasteiger partial charge on any atom is 0.220 e. The molecule has 0 saturated heterocycles. The van der Waals surface area contributed by atoms with Crippen molar-refractivity contribution < 1.29 is 9.59 Å². The molecule has 0 aromatic rings. The normalized spacial score (nSPS) is 10.7. The standard InChI is InChI=1S/C9H16N2O3/c1-9(2,7-11-14)6-8(13)10-4-3-5-12/h5H,3-4,6-7H2,1-2H3,(H,10,13). The lowest BCUT2D eigenvalue weighted by atomic mass is 9.89. The molecule has 0 aromatic heterocycles. The van der Waals surface area contributed by atoms with Crippen LogP contribution in [0.25, 0.3) is 0 Å². The van der Waals surface area contributed by atoms with Crippen LogP contribution >= 0.6 is 0 Å². The average molecular weight is 200 g/mol. The van der Waals surface area contributed by atoms with Gasteiger partial charge < -0.3 is 10.1 Å². The maximum atomic E-state index is 11.2. The summed E-state index contributed by atoms with van der Waals surface area (Å²) in [5, 5.41) is 5.35. The molecule has 0 saturated carbocycles. The summed E-state index contributed by atoms with van der Waals surface area (Å²) in [4.78, 5) is 31.2. The fourth-order valence-electron chi connectivity index (χ4n) is 0.998. The Kier molecular flexibility index (Phi) is 5.67. The Hall–Kier alpha value is -1.26. The molecule has 0 unspecified atom stereocenters. The Morgan fingerprint density at radius 2 is 2.14 bits per heavy atom. The summed E-state index contributed by atoms with van der Waals surface area (Å²) in [6, 6.07) is 0. The summed E-state index contributed by atoms with van der Waals surface area (Å²) in [5.41, 5.74) is -0.410. The molecule has 0 aliphatic rings. The van der Waals surface area contributed by atoms with Gasteiger partial charge in [-0.15, -0.1) is 0 Å². The van der Waals surface area contributed by atoms with Gasteiger partial charge in [0.25, 0.3) is 0 Å². The Labute approximate surface area is 83.2 Å². The van der Waals surface area contributed by atoms with E-state index < -0.39 is 5.41 Å². The van der Waals surface area contributed by atoms with Gasteiger partial charge in [-0.3, -0.25) is 4.79 Å². The Bertz CT molecular complexity index is 214. The van der Waals surface area contributed by atoms with Crippen molar-refractivity contribution in [1.82, 2.24) is 5.32 Å². The lowest BCUT2D eigenvalue weighted by Crippen LogP contribution is -2.30. The summed E-state index contributed by atoms with van der Waals surface area (Å²) < 4.78 is 0. The number of carbonyl (C=O) groups excluding carboxylic acids is 2. The third-order valence-corrected chi connectivity index (χ3v) is 1.72. The second-order valence-electron chi connectivity index (χ2n) is 3.93. The van der Waals surface area contributed by atoms with Crippen molar-refractivity contribution in [2.24, 2.45) is 10.6 Å². The fourth-order valence-corrected chi connectivity index (χ4v) is 0.998. The van der Waals surface area contributed by atoms with Gasteiger partial charge in [0.15, 0.2) is 0 Å². The first-order chi connectivity index (χ1) is 6.52. The fraction of sp³-hybridized carbons (Fsp3) is 0.778. The number of nitroso groups, excluding NO2 is 1. The highest BCUT2D eigenvalue weighted by atomic mass is 16.3. The topological polar surface area (TPSA) is 75.6 Å². The number of amides is 1. The molecule has 1 N–H and O–H groups in total. The molecule has 0 rings (SSSR count). The van der Waals surface area contributed by atoms with E-state index in [2.05, 4.69) is 10.5 Å². The summed E-state index contributed by atoms with van der Waals surface area (Å²) in [6.07, 6.45) is 1.31. The summed E-state index contributed by atoms with van der Waals surface area (Å²) in [7, 11) is 0. The molecule has 5 heteroatoms. The monoisotopic (exact) mass is 200 g/mol. The average Bonchev–Trinajstić information content (AvgIpc) is 2.03. The van der Waals surface area contributed by atoms with E-state index in [1.54, 1.807) is 13.8 Å². The van der Waals surface area contributed by atoms with Gasteiger partial charge in [-0.25, -0.2) is 0 Å². The molecule has 0 bridgehead atoms. The first kappa shape index (κ1) is 12.7. The summed E-state index contributed by atoms with van der Waals surface area (Å²) >= 11 is 0. The lowest BCUT2D eigenvalue weighted by molar-refractivity contribution is -0.122. The van der Waals surface area contributed by atoms with Gasteiger partial charge in [0.2, 0.25) is 5.91 Å². The largest absolute Gasteiger partial charge is 0.356 e. The molecule has 80 valence electrons. The SMILES string of the molecule is CC(C)(CN=O)CC(=O)NCCC=O. The van der Waals surface area contributed by atoms with Crippen LogP contribution in [0.5, 0.6) is 0 Å². The molecule has 0 atom stereocenters. The molecule has 5 nitrogen and oxygen atoms in total. The molecular weight excluding hydrogens is 184 g/mol. The zero-order valence-electron chi connectivity index (χ0n) is 8.58. The minimum Gasteiger partial charge on any atom is -0.356 e. The zero-order chi connectivity index (χ0) is 11.0. The number of hydrogen-bond donors (Lipinski definition) is 1. The van der Waals surface area contributed by atoms with Crippen LogP contribution in [-0.4, -0.2) is 25.3 Å². The van der Waals surface area contributed by atoms with E-state index in [-0.39, 0.29) is 18.9 Å². The van der Waals surface area contributed by atoms with Crippen LogP contribution in [0.1, 0.15) is 26.7 Å². The molecule has 0 radical (unpaired) electrons. The van der Waals surface area contributed by atoms with Gasteiger partial charge in [0.1, 0.15) is 6.29 Å². The molecule has 0 aromatic carbocycles. The number of aldehydes is 1. The van der Waals surface area contributed by atoms with Gasteiger partial charge in [-0.2, -0.15) is 4.91 Å². The molecule has 0 aliphatic heterocycles. The summed E-state index contributed by atoms with van der Waals surface area (Å²) in [5.74, 6) is -0.152. The van der Waals surface area contributed by atoms with Gasteiger partial charge >= 0.3 is 0 Å². The number of nitrogens with one attached hydrogen (secondary N) is 1. The lowest BCUT2D eigenvalue weighted by Gasteiger charge is -2.19. The molecule has 0 spiro atoms. The van der Waals surface area contributed by atoms with Crippen LogP contribution in [0.15, 0.2) is 5.18 Å². The van der Waals surface area contributed by atoms with Crippen LogP contribution in [0, 0.1) is 10.3 Å². The third kappa shape index (κ3) is 6.28. The van der Waals surface area contributed by atoms with E-state index in [0.717, 1.165) is 6.29 Å². The first-order valence-electron chi connectivity index (χ1n) is 4.51. The van der Waals surface area contributed by atoms with Crippen molar-refractivity contribution in [3.8, 4) is 0 Å². The second-order valence-corrected chi connectivity index (χ2v) is 3.93. The van der Waals surface area contributed by atoms with Crippen LogP contribution in [0.3, 0.4) is 0 Å². The maximum absolute atomic E-state index is 11.2. The van der Waals surface area contributed by atoms with Crippen LogP contribution in [0.2, 0.25) is 0 Å². The molecular formula is C9H16N2O3. The van der Waals surface area contributed by atoms with Gasteiger partial charge in [-0.1, -0.05) is 19.0 Å². The van der Waals surface area contributed by atoms with Gasteiger partial charge in [0.05, 0.1) is 6.54 Å². The predicted molar refractivity (Wildman–Crippen MR) is 52.8 cm³/mol. The smallest absolute Gasteiger partial charge is 0.220 e. The van der Waals surface area contributed by atoms with Gasteiger partial charge in [0, 0.05) is 19.4 Å². The molecule has 0 heterocycles. The zero-order valence-corrected chi connectivity index (χ0v) is 8.58. The van der Waals surface area contributed by atoms with Crippen molar-refractivity contribution in [2.45, 2.75) is 26.7 Å². The summed E-state index contributed by atoms with van der Waals surface area (Å²) in [6.45, 7) is 4.07. The second kappa shape index (κ2) is 6.23. The van der Waals surface area contributed by atoms with E-state index in [9.17, 15) is 14.5 Å². The highest BCUT2D eigenvalue weighted by Crippen LogP contribution is 2.20. The van der Waals surface area contributed by atoms with Crippen LogP contribution < -0.4 is 5.32 Å². The minimum absolute atomic E-state index is 0.119. The number of hydrogen-bond acceptors (Lipinski definition) is 4. The minimum atomic E-state index is -0.410. The first-order valence-corrected chi connectivity index (χ1v) is 4.51. The molecule has 14 heavy (non-hydrogen) atoms. The third-order valence-electron chi connectivity index (χ3n) is 1.72. The molecule has 1 amide bonds. The number of nitrogens with zero attached hydrogens (tertiary/aromatic N) is 1. The Balaban J connectivity index is 3.80. The van der Waals surface area contributed by atoms with E-state index in [0.29, 0.717) is 13.0 Å². The van der Waals surface area contributed by atoms with Crippen molar-refractivity contribution in [3.05, 3.63) is 4.91 Å². The van der Waals surface area contributed by atoms with E-state index in [1.807, 2.05) is 0 Å². The highest BCUT2D eigenvalue weighted by molar-refractivity contribution is 5.76. The van der Waals surface area contributed by atoms with Crippen molar-refractivity contribution in [1.29, 1.82) is 0 Å². The van der Waals surface area contributed by atoms with Crippen molar-refractivity contribution in [3.63, 3.8) is 0 Å². The quantitative estimate of drug-likeness (QED) is 0.376. The number of rotatable bonds is 7. The van der Waals surface area contributed by atoms with Gasteiger partial charge in [-0.05, 0) is 5.41 Å². The number of carbonyl (C=O) groups is 2. The van der Waals surface area contributed by atoms with E-state index >= 15 is 0 Å². The Morgan fingerprint density at radius 3 is 2.64 bits per heavy atom. The molecule has 0 fully saturated rings.